The number of rotatable bonds is 42. The van der Waals surface area contributed by atoms with E-state index in [9.17, 15) is 14.7 Å². The van der Waals surface area contributed by atoms with Gasteiger partial charge in [0.25, 0.3) is 0 Å². The van der Waals surface area contributed by atoms with Crippen molar-refractivity contribution in [1.82, 2.24) is 0 Å². The molecule has 0 radical (unpaired) electrons. The van der Waals surface area contributed by atoms with Crippen molar-refractivity contribution in [2.45, 2.75) is 232 Å². The monoisotopic (exact) mass is 769 g/mol. The number of aliphatic hydroxyl groups is 1. The van der Waals surface area contributed by atoms with Crippen LogP contribution >= 0.6 is 0 Å². The zero-order valence-corrected chi connectivity index (χ0v) is 36.2. The minimum absolute atomic E-state index is 0.0643. The van der Waals surface area contributed by atoms with Crippen LogP contribution in [0.25, 0.3) is 0 Å². The number of aliphatic hydroxyl groups excluding tert-OH is 1. The van der Waals surface area contributed by atoms with Gasteiger partial charge in [0, 0.05) is 12.8 Å². The summed E-state index contributed by atoms with van der Waals surface area (Å²) >= 11 is 0. The Hall–Kier alpha value is -2.40. The summed E-state index contributed by atoms with van der Waals surface area (Å²) in [5.41, 5.74) is 0. The smallest absolute Gasteiger partial charge is 0.306 e. The largest absolute Gasteiger partial charge is 0.462 e. The van der Waals surface area contributed by atoms with Crippen LogP contribution in [0.4, 0.5) is 0 Å². The number of esters is 2. The second kappa shape index (κ2) is 46.0. The summed E-state index contributed by atoms with van der Waals surface area (Å²) in [6.07, 6.45) is 60.2. The van der Waals surface area contributed by atoms with Crippen molar-refractivity contribution in [2.75, 3.05) is 13.2 Å². The molecule has 1 N–H and O–H groups in total. The van der Waals surface area contributed by atoms with Gasteiger partial charge in [-0.15, -0.1) is 0 Å². The molecule has 0 aromatic carbocycles. The van der Waals surface area contributed by atoms with Crippen LogP contribution in [0.15, 0.2) is 60.8 Å². The maximum Gasteiger partial charge on any atom is 0.306 e. The fourth-order valence-corrected chi connectivity index (χ4v) is 6.58. The lowest BCUT2D eigenvalue weighted by atomic mass is 10.0. The van der Waals surface area contributed by atoms with Gasteiger partial charge in [-0.3, -0.25) is 9.59 Å². The van der Waals surface area contributed by atoms with Crippen LogP contribution < -0.4 is 0 Å². The van der Waals surface area contributed by atoms with E-state index in [2.05, 4.69) is 74.6 Å². The Labute approximate surface area is 341 Å². The topological polar surface area (TPSA) is 72.8 Å². The third kappa shape index (κ3) is 44.2. The predicted molar refractivity (Wildman–Crippen MR) is 237 cm³/mol. The summed E-state index contributed by atoms with van der Waals surface area (Å²) < 4.78 is 10.6. The van der Waals surface area contributed by atoms with Crippen LogP contribution in [0.2, 0.25) is 0 Å². The number of carbonyl (C=O) groups is 2. The fourth-order valence-electron chi connectivity index (χ4n) is 6.58. The van der Waals surface area contributed by atoms with Crippen LogP contribution in [-0.2, 0) is 19.1 Å². The van der Waals surface area contributed by atoms with Gasteiger partial charge < -0.3 is 14.6 Å². The van der Waals surface area contributed by atoms with Gasteiger partial charge in [-0.05, 0) is 57.8 Å². The highest BCUT2D eigenvalue weighted by Crippen LogP contribution is 2.15. The number of ether oxygens (including phenoxy) is 2. The summed E-state index contributed by atoms with van der Waals surface area (Å²) in [4.78, 5) is 24.3. The highest BCUT2D eigenvalue weighted by Gasteiger charge is 2.16. The summed E-state index contributed by atoms with van der Waals surface area (Å²) in [6, 6.07) is 0. The average molecular weight is 769 g/mol. The second-order valence-electron chi connectivity index (χ2n) is 15.5. The lowest BCUT2D eigenvalue weighted by molar-refractivity contribution is -0.161. The molecule has 1 atom stereocenters. The van der Waals surface area contributed by atoms with Crippen molar-refractivity contribution in [3.05, 3.63) is 60.8 Å². The van der Waals surface area contributed by atoms with Gasteiger partial charge >= 0.3 is 11.9 Å². The van der Waals surface area contributed by atoms with Gasteiger partial charge in [0.1, 0.15) is 6.61 Å². The zero-order chi connectivity index (χ0) is 40.0. The molecule has 0 aliphatic carbocycles. The molecule has 1 unspecified atom stereocenters. The molecule has 0 saturated heterocycles. The van der Waals surface area contributed by atoms with Gasteiger partial charge in [0.05, 0.1) is 6.61 Å². The molecule has 0 aliphatic heterocycles. The normalized spacial score (nSPS) is 12.7. The Balaban J connectivity index is 3.49. The molecule has 0 fully saturated rings. The molecule has 0 rings (SSSR count). The molecule has 0 spiro atoms. The number of allylic oxidation sites excluding steroid dienone is 10. The molecule has 318 valence electrons. The van der Waals surface area contributed by atoms with Crippen molar-refractivity contribution in [2.24, 2.45) is 0 Å². The third-order valence-electron chi connectivity index (χ3n) is 10.1. The number of carbonyl (C=O) groups excluding carboxylic acids is 2. The lowest BCUT2D eigenvalue weighted by Gasteiger charge is -2.15. The van der Waals surface area contributed by atoms with Gasteiger partial charge in [0.15, 0.2) is 6.10 Å². The average Bonchev–Trinajstić information content (AvgIpc) is 3.19. The minimum Gasteiger partial charge on any atom is -0.462 e. The van der Waals surface area contributed by atoms with E-state index in [1.807, 2.05) is 0 Å². The maximum absolute atomic E-state index is 12.2. The highest BCUT2D eigenvalue weighted by molar-refractivity contribution is 5.70. The second-order valence-corrected chi connectivity index (χ2v) is 15.5. The van der Waals surface area contributed by atoms with E-state index in [0.717, 1.165) is 70.6 Å². The molecule has 55 heavy (non-hydrogen) atoms. The van der Waals surface area contributed by atoms with Crippen molar-refractivity contribution < 1.29 is 24.2 Å². The SMILES string of the molecule is CC/C=C\C/C=C\C/C=C\C/C=C\C/C=C\CCCCCCCCCCCCCCCC(=O)OC(CO)COC(=O)CCCCCCCCCCCCCC. The van der Waals surface area contributed by atoms with E-state index < -0.39 is 6.10 Å². The number of hydrogen-bond acceptors (Lipinski definition) is 5. The molecular formula is C50H88O5. The Morgan fingerprint density at radius 2 is 0.782 bits per heavy atom. The first kappa shape index (κ1) is 52.6. The molecule has 0 aromatic rings. The molecule has 0 heterocycles. The van der Waals surface area contributed by atoms with E-state index in [4.69, 9.17) is 9.47 Å². The molecule has 0 amide bonds. The van der Waals surface area contributed by atoms with Crippen LogP contribution in [0.3, 0.4) is 0 Å². The number of unbranched alkanes of at least 4 members (excludes halogenated alkanes) is 24. The molecule has 5 nitrogen and oxygen atoms in total. The van der Waals surface area contributed by atoms with Crippen LogP contribution in [0.5, 0.6) is 0 Å². The van der Waals surface area contributed by atoms with Crippen LogP contribution in [-0.4, -0.2) is 36.4 Å². The Kier molecular flexibility index (Phi) is 44.0. The minimum atomic E-state index is -0.770. The van der Waals surface area contributed by atoms with Gasteiger partial charge in [-0.25, -0.2) is 0 Å². The molecule has 5 heteroatoms. The predicted octanol–water partition coefficient (Wildman–Crippen LogP) is 15.1. The van der Waals surface area contributed by atoms with Crippen molar-refractivity contribution in [3.63, 3.8) is 0 Å². The quantitative estimate of drug-likeness (QED) is 0.0380. The van der Waals surface area contributed by atoms with E-state index >= 15 is 0 Å². The van der Waals surface area contributed by atoms with E-state index in [1.54, 1.807) is 0 Å². The first-order chi connectivity index (χ1) is 27.1. The van der Waals surface area contributed by atoms with Crippen molar-refractivity contribution in [3.8, 4) is 0 Å². The Bertz CT molecular complexity index is 961. The van der Waals surface area contributed by atoms with Gasteiger partial charge in [-0.1, -0.05) is 216 Å². The van der Waals surface area contributed by atoms with Gasteiger partial charge in [-0.2, -0.15) is 0 Å². The van der Waals surface area contributed by atoms with Crippen molar-refractivity contribution in [1.29, 1.82) is 0 Å². The van der Waals surface area contributed by atoms with E-state index in [-0.39, 0.29) is 25.2 Å². The molecule has 0 bridgehead atoms. The van der Waals surface area contributed by atoms with Crippen molar-refractivity contribution >= 4 is 11.9 Å². The highest BCUT2D eigenvalue weighted by atomic mass is 16.6. The zero-order valence-electron chi connectivity index (χ0n) is 36.2. The lowest BCUT2D eigenvalue weighted by Crippen LogP contribution is -2.28. The molecule has 0 aromatic heterocycles. The Morgan fingerprint density at radius 1 is 0.436 bits per heavy atom. The molecule has 0 saturated carbocycles. The standard InChI is InChI=1S/C50H88O5/c1-3-5-7-9-11-13-15-17-18-19-20-21-22-23-24-25-26-27-28-29-30-31-32-33-35-37-39-41-43-45-50(53)55-48(46-51)47-54-49(52)44-42-40-38-36-34-16-14-12-10-8-6-4-2/h5,7,11,13,17-18,20-21,23-24,48,51H,3-4,6,8-10,12,14-16,19,22,25-47H2,1-2H3/b7-5-,13-11-,18-17-,21-20-,24-23-. The molecular weight excluding hydrogens is 681 g/mol. The summed E-state index contributed by atoms with van der Waals surface area (Å²) in [6.45, 7) is 4.03. The summed E-state index contributed by atoms with van der Waals surface area (Å²) in [5.74, 6) is -0.587. The van der Waals surface area contributed by atoms with E-state index in [0.29, 0.717) is 12.8 Å². The summed E-state index contributed by atoms with van der Waals surface area (Å²) in [7, 11) is 0. The maximum atomic E-state index is 12.2. The fraction of sp³-hybridized carbons (Fsp3) is 0.760. The van der Waals surface area contributed by atoms with E-state index in [1.165, 1.54) is 128 Å². The third-order valence-corrected chi connectivity index (χ3v) is 10.1. The van der Waals surface area contributed by atoms with Crippen LogP contribution in [0, 0.1) is 0 Å². The van der Waals surface area contributed by atoms with Crippen LogP contribution in [0.1, 0.15) is 226 Å². The summed E-state index contributed by atoms with van der Waals surface area (Å²) in [5, 5.41) is 9.58. The van der Waals surface area contributed by atoms with Gasteiger partial charge in [0.2, 0.25) is 0 Å². The number of hydrogen-bond donors (Lipinski definition) is 1. The Morgan fingerprint density at radius 3 is 1.18 bits per heavy atom. The molecule has 0 aliphatic rings. The first-order valence-corrected chi connectivity index (χ1v) is 23.3. The first-order valence-electron chi connectivity index (χ1n) is 23.3.